The second-order valence-corrected chi connectivity index (χ2v) is 8.70. The summed E-state index contributed by atoms with van der Waals surface area (Å²) in [7, 11) is -4.17. The van der Waals surface area contributed by atoms with Crippen molar-refractivity contribution >= 4 is 33.7 Å². The van der Waals surface area contributed by atoms with Crippen molar-refractivity contribution in [3.8, 4) is 0 Å². The van der Waals surface area contributed by atoms with Gasteiger partial charge in [0.15, 0.2) is 0 Å². The molecule has 7 nitrogen and oxygen atoms in total. The third kappa shape index (κ3) is 7.54. The van der Waals surface area contributed by atoms with Gasteiger partial charge in [-0.25, -0.2) is 0 Å². The van der Waals surface area contributed by atoms with Crippen LogP contribution in [0.2, 0.25) is 0 Å². The molecule has 0 bridgehead atoms. The number of hydrogen-bond acceptors (Lipinski definition) is 5. The summed E-state index contributed by atoms with van der Waals surface area (Å²) >= 11 is 1.61. The third-order valence-corrected chi connectivity index (χ3v) is 5.29. The average Bonchev–Trinajstić information content (AvgIpc) is 2.77. The van der Waals surface area contributed by atoms with Gasteiger partial charge in [0.1, 0.15) is 0 Å². The van der Waals surface area contributed by atoms with Gasteiger partial charge in [-0.15, -0.1) is 0 Å². The molecule has 9 heteroatoms. The number of nitrogens with zero attached hydrogens (tertiary/aromatic N) is 1. The minimum absolute atomic E-state index is 0.0320. The molecule has 1 aliphatic heterocycles. The zero-order chi connectivity index (χ0) is 17.7. The van der Waals surface area contributed by atoms with Crippen LogP contribution in [0.5, 0.6) is 0 Å². The summed E-state index contributed by atoms with van der Waals surface area (Å²) in [5.41, 5.74) is -1.07. The van der Waals surface area contributed by atoms with Crippen molar-refractivity contribution in [3.63, 3.8) is 0 Å². The normalized spacial score (nSPS) is 17.4. The van der Waals surface area contributed by atoms with Gasteiger partial charge in [0, 0.05) is 24.8 Å². The van der Waals surface area contributed by atoms with Gasteiger partial charge in [-0.3, -0.25) is 14.1 Å². The minimum Gasteiger partial charge on any atom is -0.350 e. The smallest absolute Gasteiger partial charge is 0.267 e. The molecule has 23 heavy (non-hydrogen) atoms. The molecule has 0 aromatic carbocycles. The number of amides is 2. The van der Waals surface area contributed by atoms with Crippen molar-refractivity contribution in [3.05, 3.63) is 6.42 Å². The maximum atomic E-state index is 12.0. The Balaban J connectivity index is 2.53. The number of carbonyl (C=O) groups is 2. The predicted octanol–water partition coefficient (Wildman–Crippen LogP) is 0.717. The number of rotatable bonds is 9. The molecule has 2 N–H and O–H groups in total. The van der Waals surface area contributed by atoms with Crippen molar-refractivity contribution in [2.24, 2.45) is 0 Å². The summed E-state index contributed by atoms with van der Waals surface area (Å²) in [6.07, 6.45) is 5.21. The van der Waals surface area contributed by atoms with Gasteiger partial charge in [-0.05, 0) is 32.9 Å². The van der Waals surface area contributed by atoms with Crippen molar-refractivity contribution in [1.82, 2.24) is 10.2 Å². The highest BCUT2D eigenvalue weighted by molar-refractivity contribution is 7.98. The molecule has 0 spiro atoms. The van der Waals surface area contributed by atoms with E-state index in [9.17, 15) is 18.0 Å². The Bertz CT molecular complexity index is 533. The van der Waals surface area contributed by atoms with Gasteiger partial charge in [0.05, 0.1) is 17.7 Å². The molecule has 0 saturated carbocycles. The number of hydrogen-bond donors (Lipinski definition) is 2. The van der Waals surface area contributed by atoms with Crippen molar-refractivity contribution in [2.45, 2.75) is 44.7 Å². The van der Waals surface area contributed by atoms with E-state index in [1.54, 1.807) is 11.8 Å². The highest BCUT2D eigenvalue weighted by Gasteiger charge is 2.30. The zero-order valence-corrected chi connectivity index (χ0v) is 15.4. The lowest BCUT2D eigenvalue weighted by molar-refractivity contribution is -0.129. The van der Waals surface area contributed by atoms with Crippen molar-refractivity contribution in [2.75, 3.05) is 24.3 Å². The second-order valence-electron chi connectivity index (χ2n) is 6.34. The van der Waals surface area contributed by atoms with Crippen LogP contribution in [0.4, 0.5) is 0 Å². The molecule has 1 aliphatic rings. The number of likely N-dealkylation sites (tertiary alicyclic amines) is 1. The van der Waals surface area contributed by atoms with E-state index in [0.717, 1.165) is 12.2 Å². The lowest BCUT2D eigenvalue weighted by atomic mass is 10.1. The first-order chi connectivity index (χ1) is 10.5. The predicted molar refractivity (Wildman–Crippen MR) is 90.7 cm³/mol. The first kappa shape index (κ1) is 20.2. The lowest BCUT2D eigenvalue weighted by Gasteiger charge is -2.28. The molecule has 1 radical (unpaired) electrons. The Morgan fingerprint density at radius 1 is 1.52 bits per heavy atom. The van der Waals surface area contributed by atoms with E-state index < -0.39 is 27.3 Å². The average molecular weight is 365 g/mol. The van der Waals surface area contributed by atoms with Crippen LogP contribution in [-0.2, 0) is 19.7 Å². The van der Waals surface area contributed by atoms with Crippen LogP contribution >= 0.6 is 11.8 Å². The molecule has 1 saturated heterocycles. The van der Waals surface area contributed by atoms with E-state index in [-0.39, 0.29) is 11.9 Å². The van der Waals surface area contributed by atoms with E-state index in [4.69, 9.17) is 4.55 Å². The summed E-state index contributed by atoms with van der Waals surface area (Å²) in [6.45, 7) is 3.76. The molecule has 0 aromatic heterocycles. The first-order valence-corrected chi connectivity index (χ1v) is 10.4. The van der Waals surface area contributed by atoms with Crippen LogP contribution in [0.3, 0.4) is 0 Å². The van der Waals surface area contributed by atoms with Gasteiger partial charge >= 0.3 is 0 Å². The second kappa shape index (κ2) is 8.34. The molecule has 1 rings (SSSR count). The highest BCUT2D eigenvalue weighted by atomic mass is 32.2. The number of nitrogens with one attached hydrogen (secondary N) is 1. The molecule has 133 valence electrons. The summed E-state index contributed by atoms with van der Waals surface area (Å²) in [5.74, 6) is -0.108. The fraction of sp³-hybridized carbons (Fsp3) is 0.786. The summed E-state index contributed by atoms with van der Waals surface area (Å²) < 4.78 is 30.8. The fourth-order valence-corrected chi connectivity index (χ4v) is 4.34. The zero-order valence-electron chi connectivity index (χ0n) is 13.7. The Hall–Kier alpha value is -0.800. The number of thioether (sulfide) groups is 1. The number of carbonyl (C=O) groups excluding carboxylic acids is 2. The SMILES string of the molecule is CSCC(C[CH]C(=O)NC(C)(C)CS(=O)(=O)O)N1CCCC1=O. The molecule has 1 fully saturated rings. The molecule has 0 aromatic rings. The van der Waals surface area contributed by atoms with Crippen LogP contribution in [-0.4, -0.2) is 65.6 Å². The van der Waals surface area contributed by atoms with Crippen molar-refractivity contribution in [1.29, 1.82) is 0 Å². The Labute approximate surface area is 142 Å². The molecule has 2 amide bonds. The third-order valence-electron chi connectivity index (χ3n) is 3.49. The minimum atomic E-state index is -4.17. The summed E-state index contributed by atoms with van der Waals surface area (Å²) in [5, 5.41) is 2.57. The Morgan fingerprint density at radius 3 is 2.65 bits per heavy atom. The van der Waals surface area contributed by atoms with Crippen molar-refractivity contribution < 1.29 is 22.6 Å². The topological polar surface area (TPSA) is 104 Å². The Morgan fingerprint density at radius 2 is 2.17 bits per heavy atom. The van der Waals surface area contributed by atoms with Gasteiger partial charge in [0.25, 0.3) is 10.1 Å². The summed E-state index contributed by atoms with van der Waals surface area (Å²) in [4.78, 5) is 25.6. The van der Waals surface area contributed by atoms with E-state index >= 15 is 0 Å². The van der Waals surface area contributed by atoms with Crippen LogP contribution in [0.15, 0.2) is 0 Å². The maximum Gasteiger partial charge on any atom is 0.267 e. The van der Waals surface area contributed by atoms with Crippen LogP contribution in [0, 0.1) is 6.42 Å². The van der Waals surface area contributed by atoms with Gasteiger partial charge in [-0.1, -0.05) is 0 Å². The Kier molecular flexibility index (Phi) is 7.34. The van der Waals surface area contributed by atoms with Gasteiger partial charge in [0.2, 0.25) is 11.8 Å². The van der Waals surface area contributed by atoms with E-state index in [1.165, 1.54) is 20.3 Å². The fourth-order valence-electron chi connectivity index (χ4n) is 2.65. The van der Waals surface area contributed by atoms with E-state index in [2.05, 4.69) is 5.32 Å². The van der Waals surface area contributed by atoms with Crippen LogP contribution in [0.25, 0.3) is 0 Å². The van der Waals surface area contributed by atoms with Gasteiger partial charge in [-0.2, -0.15) is 20.2 Å². The van der Waals surface area contributed by atoms with E-state index in [0.29, 0.717) is 19.4 Å². The molecule has 1 atom stereocenters. The quantitative estimate of drug-likeness (QED) is 0.584. The lowest BCUT2D eigenvalue weighted by Crippen LogP contribution is -2.49. The summed E-state index contributed by atoms with van der Waals surface area (Å²) in [6, 6.07) is -0.0320. The molecular weight excluding hydrogens is 340 g/mol. The van der Waals surface area contributed by atoms with Crippen LogP contribution in [0.1, 0.15) is 33.1 Å². The first-order valence-electron chi connectivity index (χ1n) is 7.43. The standard InChI is InChI=1S/C14H25N2O5S2/c1-14(2,10-23(19,20)21)15-12(17)7-6-11(9-22-3)16-8-4-5-13(16)18/h7,11H,4-6,8-10H2,1-3H3,(H,15,17)(H,19,20,21). The monoisotopic (exact) mass is 365 g/mol. The van der Waals surface area contributed by atoms with E-state index in [1.807, 2.05) is 11.2 Å². The molecule has 0 aliphatic carbocycles. The highest BCUT2D eigenvalue weighted by Crippen LogP contribution is 2.19. The van der Waals surface area contributed by atoms with Crippen LogP contribution < -0.4 is 5.32 Å². The maximum absolute atomic E-state index is 12.0. The van der Waals surface area contributed by atoms with Gasteiger partial charge < -0.3 is 10.2 Å². The largest absolute Gasteiger partial charge is 0.350 e. The molecule has 1 unspecified atom stereocenters. The molecular formula is C14H25N2O5S2. The molecule has 1 heterocycles.